The first-order valence-electron chi connectivity index (χ1n) is 3.33. The van der Waals surface area contributed by atoms with Gasteiger partial charge >= 0.3 is 5.97 Å². The second-order valence-electron chi connectivity index (χ2n) is 2.57. The van der Waals surface area contributed by atoms with E-state index < -0.39 is 5.97 Å². The lowest BCUT2D eigenvalue weighted by Gasteiger charge is -2.00. The van der Waals surface area contributed by atoms with Crippen LogP contribution in [0.4, 0.5) is 0 Å². The highest BCUT2D eigenvalue weighted by Gasteiger charge is 2.45. The van der Waals surface area contributed by atoms with Crippen LogP contribution < -0.4 is 0 Å². The molecule has 11 heavy (non-hydrogen) atoms. The Balaban J connectivity index is 2.27. The van der Waals surface area contributed by atoms with Gasteiger partial charge in [-0.15, -0.1) is 0 Å². The molecule has 0 radical (unpaired) electrons. The molecule has 0 saturated carbocycles. The van der Waals surface area contributed by atoms with Crippen LogP contribution in [0.25, 0.3) is 0 Å². The zero-order valence-corrected chi connectivity index (χ0v) is 5.69. The van der Waals surface area contributed by atoms with Crippen molar-refractivity contribution < 1.29 is 19.5 Å². The number of rotatable bonds is 0. The number of fused-ring (bicyclic) bond motifs is 1. The van der Waals surface area contributed by atoms with Crippen molar-refractivity contribution in [2.75, 3.05) is 13.2 Å². The molecule has 2 atom stereocenters. The average Bonchev–Trinajstić information content (AvgIpc) is 2.46. The summed E-state index contributed by atoms with van der Waals surface area (Å²) in [5.41, 5.74) is 0.0903. The molecule has 0 spiro atoms. The van der Waals surface area contributed by atoms with E-state index in [0.29, 0.717) is 13.2 Å². The van der Waals surface area contributed by atoms with Crippen molar-refractivity contribution in [1.82, 2.24) is 0 Å². The zero-order chi connectivity index (χ0) is 7.84. The van der Waals surface area contributed by atoms with Gasteiger partial charge in [-0.05, 0) is 0 Å². The highest BCUT2D eigenvalue weighted by atomic mass is 16.6. The lowest BCUT2D eigenvalue weighted by molar-refractivity contribution is -0.137. The smallest absolute Gasteiger partial charge is 0.357 e. The molecular weight excluding hydrogens is 150 g/mol. The van der Waals surface area contributed by atoms with Gasteiger partial charge in [0.15, 0.2) is 5.71 Å². The number of hydrogen-bond donors (Lipinski definition) is 1. The fraction of sp³-hybridized carbons (Fsp3) is 0.667. The van der Waals surface area contributed by atoms with Crippen LogP contribution >= 0.6 is 0 Å². The van der Waals surface area contributed by atoms with Gasteiger partial charge in [0.25, 0.3) is 0 Å². The SMILES string of the molecule is O=C1O[C@H]2COC[C@H]2/C1=N/O. The standard InChI is InChI=1S/C6H7NO4/c8-6-5(7-9)3-1-10-2-4(3)11-6/h3-4,9H,1-2H2/b7-5-/t3-,4+/m1/s1. The summed E-state index contributed by atoms with van der Waals surface area (Å²) in [4.78, 5) is 10.9. The summed E-state index contributed by atoms with van der Waals surface area (Å²) in [7, 11) is 0. The predicted molar refractivity (Wildman–Crippen MR) is 33.4 cm³/mol. The summed E-state index contributed by atoms with van der Waals surface area (Å²) in [6, 6.07) is 0. The van der Waals surface area contributed by atoms with Crippen molar-refractivity contribution in [2.24, 2.45) is 11.1 Å². The molecule has 0 aliphatic carbocycles. The minimum Gasteiger partial charge on any atom is -0.455 e. The minimum absolute atomic E-state index is 0.0903. The third kappa shape index (κ3) is 0.808. The van der Waals surface area contributed by atoms with Crippen LogP contribution in [-0.2, 0) is 14.3 Å². The van der Waals surface area contributed by atoms with E-state index in [2.05, 4.69) is 5.16 Å². The first kappa shape index (κ1) is 6.60. The third-order valence-electron chi connectivity index (χ3n) is 1.95. The van der Waals surface area contributed by atoms with Crippen LogP contribution in [0.3, 0.4) is 0 Å². The molecule has 2 heterocycles. The van der Waals surface area contributed by atoms with Crippen molar-refractivity contribution in [3.05, 3.63) is 0 Å². The fourth-order valence-electron chi connectivity index (χ4n) is 1.37. The summed E-state index contributed by atoms with van der Waals surface area (Å²) in [6.07, 6.45) is -0.228. The molecular formula is C6H7NO4. The number of carbonyl (C=O) groups is 1. The molecule has 0 unspecified atom stereocenters. The molecule has 2 aliphatic rings. The highest BCUT2D eigenvalue weighted by Crippen LogP contribution is 2.25. The van der Waals surface area contributed by atoms with Gasteiger partial charge < -0.3 is 14.7 Å². The lowest BCUT2D eigenvalue weighted by Crippen LogP contribution is -2.18. The van der Waals surface area contributed by atoms with Crippen LogP contribution in [0.1, 0.15) is 0 Å². The van der Waals surface area contributed by atoms with Gasteiger partial charge in [-0.3, -0.25) is 0 Å². The largest absolute Gasteiger partial charge is 0.455 e. The second kappa shape index (κ2) is 2.20. The first-order valence-corrected chi connectivity index (χ1v) is 3.33. The molecule has 2 fully saturated rings. The molecule has 0 aromatic rings. The van der Waals surface area contributed by atoms with Crippen molar-refractivity contribution in [2.45, 2.75) is 6.10 Å². The Hall–Kier alpha value is -1.10. The number of ether oxygens (including phenoxy) is 2. The molecule has 2 rings (SSSR count). The molecule has 60 valence electrons. The monoisotopic (exact) mass is 157 g/mol. The summed E-state index contributed by atoms with van der Waals surface area (Å²) in [6.45, 7) is 0.825. The number of carbonyl (C=O) groups excluding carboxylic acids is 1. The van der Waals surface area contributed by atoms with Gasteiger partial charge in [0, 0.05) is 0 Å². The van der Waals surface area contributed by atoms with Crippen LogP contribution in [0.15, 0.2) is 5.16 Å². The number of nitrogens with zero attached hydrogens (tertiary/aromatic N) is 1. The van der Waals surface area contributed by atoms with E-state index in [4.69, 9.17) is 14.7 Å². The van der Waals surface area contributed by atoms with Crippen molar-refractivity contribution in [1.29, 1.82) is 0 Å². The lowest BCUT2D eigenvalue weighted by atomic mass is 10.0. The van der Waals surface area contributed by atoms with Gasteiger partial charge in [0.1, 0.15) is 6.10 Å². The quantitative estimate of drug-likeness (QED) is 0.289. The molecule has 0 bridgehead atoms. The second-order valence-corrected chi connectivity index (χ2v) is 2.57. The molecule has 0 aromatic carbocycles. The van der Waals surface area contributed by atoms with Crippen molar-refractivity contribution in [3.8, 4) is 0 Å². The fourth-order valence-corrected chi connectivity index (χ4v) is 1.37. The Morgan fingerprint density at radius 3 is 3.09 bits per heavy atom. The van der Waals surface area contributed by atoms with Crippen LogP contribution in [0.5, 0.6) is 0 Å². The van der Waals surface area contributed by atoms with Gasteiger partial charge in [-0.1, -0.05) is 5.16 Å². The normalized spacial score (nSPS) is 39.3. The summed E-state index contributed by atoms with van der Waals surface area (Å²) < 4.78 is 9.86. The Morgan fingerprint density at radius 2 is 2.36 bits per heavy atom. The van der Waals surface area contributed by atoms with E-state index in [0.717, 1.165) is 0 Å². The van der Waals surface area contributed by atoms with Gasteiger partial charge in [0.05, 0.1) is 19.1 Å². The molecule has 2 aliphatic heterocycles. The summed E-state index contributed by atoms with van der Waals surface area (Å²) in [5, 5.41) is 11.3. The molecule has 0 aromatic heterocycles. The molecule has 5 nitrogen and oxygen atoms in total. The van der Waals surface area contributed by atoms with E-state index in [1.54, 1.807) is 0 Å². The Bertz CT molecular complexity index is 225. The van der Waals surface area contributed by atoms with E-state index >= 15 is 0 Å². The van der Waals surface area contributed by atoms with E-state index in [1.807, 2.05) is 0 Å². The van der Waals surface area contributed by atoms with Crippen LogP contribution in [0.2, 0.25) is 0 Å². The van der Waals surface area contributed by atoms with Crippen molar-refractivity contribution >= 4 is 11.7 Å². The molecule has 5 heteroatoms. The Morgan fingerprint density at radius 1 is 1.55 bits per heavy atom. The van der Waals surface area contributed by atoms with E-state index in [9.17, 15) is 4.79 Å². The van der Waals surface area contributed by atoms with Crippen molar-refractivity contribution in [3.63, 3.8) is 0 Å². The summed E-state index contributed by atoms with van der Waals surface area (Å²) in [5.74, 6) is -0.682. The van der Waals surface area contributed by atoms with Gasteiger partial charge in [-0.2, -0.15) is 0 Å². The predicted octanol–water partition coefficient (Wildman–Crippen LogP) is -0.612. The van der Waals surface area contributed by atoms with E-state index in [-0.39, 0.29) is 17.7 Å². The van der Waals surface area contributed by atoms with E-state index in [1.165, 1.54) is 0 Å². The van der Waals surface area contributed by atoms with Crippen LogP contribution in [-0.4, -0.2) is 36.2 Å². The third-order valence-corrected chi connectivity index (χ3v) is 1.95. The number of oxime groups is 1. The maximum atomic E-state index is 10.9. The molecule has 1 N–H and O–H groups in total. The maximum Gasteiger partial charge on any atom is 0.357 e. The number of esters is 1. The molecule has 0 amide bonds. The Labute approximate surface area is 62.6 Å². The summed E-state index contributed by atoms with van der Waals surface area (Å²) >= 11 is 0. The molecule has 2 saturated heterocycles. The zero-order valence-electron chi connectivity index (χ0n) is 5.69. The maximum absolute atomic E-state index is 10.9. The first-order chi connectivity index (χ1) is 5.33. The topological polar surface area (TPSA) is 68.1 Å². The van der Waals surface area contributed by atoms with Gasteiger partial charge in [-0.25, -0.2) is 4.79 Å². The van der Waals surface area contributed by atoms with Crippen LogP contribution in [0, 0.1) is 5.92 Å². The number of hydrogen-bond acceptors (Lipinski definition) is 5. The Kier molecular flexibility index (Phi) is 1.32. The van der Waals surface area contributed by atoms with Gasteiger partial charge in [0.2, 0.25) is 0 Å². The average molecular weight is 157 g/mol. The highest BCUT2D eigenvalue weighted by molar-refractivity contribution is 6.39. The minimum atomic E-state index is -0.522.